The predicted molar refractivity (Wildman–Crippen MR) is 55.5 cm³/mol. The Kier molecular flexibility index (Phi) is 3.92. The van der Waals surface area contributed by atoms with Crippen LogP contribution in [0, 0.1) is 0 Å². The first-order valence-corrected chi connectivity index (χ1v) is 6.58. The summed E-state index contributed by atoms with van der Waals surface area (Å²) in [5, 5.41) is 8.68. The van der Waals surface area contributed by atoms with E-state index in [1.165, 1.54) is 4.31 Å². The summed E-state index contributed by atoms with van der Waals surface area (Å²) in [5.74, 6) is 0. The van der Waals surface area contributed by atoms with E-state index in [9.17, 15) is 8.42 Å². The van der Waals surface area contributed by atoms with Gasteiger partial charge >= 0.3 is 0 Å². The van der Waals surface area contributed by atoms with Crippen molar-refractivity contribution in [2.24, 2.45) is 0 Å². The lowest BCUT2D eigenvalue weighted by atomic mass is 10.4. The van der Waals surface area contributed by atoms with Crippen molar-refractivity contribution in [2.75, 3.05) is 13.7 Å². The summed E-state index contributed by atoms with van der Waals surface area (Å²) >= 11 is 0. The van der Waals surface area contributed by atoms with Gasteiger partial charge in [0.15, 0.2) is 0 Å². The first-order chi connectivity index (χ1) is 6.50. The quantitative estimate of drug-likeness (QED) is 0.755. The molecule has 5 heteroatoms. The minimum absolute atomic E-state index is 0.123. The monoisotopic (exact) mass is 221 g/mol. The molecule has 0 bridgehead atoms. The van der Waals surface area contributed by atoms with Crippen molar-refractivity contribution in [1.82, 2.24) is 4.31 Å². The highest BCUT2D eigenvalue weighted by atomic mass is 32.2. The lowest BCUT2D eigenvalue weighted by Crippen LogP contribution is -2.42. The number of rotatable bonds is 4. The average molecular weight is 221 g/mol. The third-order valence-electron chi connectivity index (χ3n) is 3.01. The van der Waals surface area contributed by atoms with E-state index in [4.69, 9.17) is 5.11 Å². The van der Waals surface area contributed by atoms with Crippen molar-refractivity contribution >= 4 is 10.0 Å². The third kappa shape index (κ3) is 2.27. The molecule has 1 fully saturated rings. The van der Waals surface area contributed by atoms with E-state index in [0.29, 0.717) is 0 Å². The van der Waals surface area contributed by atoms with Gasteiger partial charge in [0.25, 0.3) is 0 Å². The number of sulfonamides is 1. The zero-order valence-electron chi connectivity index (χ0n) is 8.81. The van der Waals surface area contributed by atoms with Crippen LogP contribution in [0.1, 0.15) is 32.6 Å². The molecule has 0 spiro atoms. The van der Waals surface area contributed by atoms with Gasteiger partial charge in [0.2, 0.25) is 10.0 Å². The van der Waals surface area contributed by atoms with E-state index in [1.807, 2.05) is 0 Å². The van der Waals surface area contributed by atoms with Crippen molar-refractivity contribution < 1.29 is 13.5 Å². The predicted octanol–water partition coefficient (Wildman–Crippen LogP) is 0.571. The molecule has 4 nitrogen and oxygen atoms in total. The van der Waals surface area contributed by atoms with Gasteiger partial charge < -0.3 is 5.11 Å². The lowest BCUT2D eigenvalue weighted by molar-refractivity contribution is 0.213. The van der Waals surface area contributed by atoms with Crippen molar-refractivity contribution in [1.29, 1.82) is 0 Å². The van der Waals surface area contributed by atoms with Crippen molar-refractivity contribution in [2.45, 2.75) is 43.9 Å². The Labute approximate surface area is 86.0 Å². The number of aliphatic hydroxyl groups excluding tert-OH is 1. The lowest BCUT2D eigenvalue weighted by Gasteiger charge is -2.25. The molecule has 1 rings (SSSR count). The van der Waals surface area contributed by atoms with Gasteiger partial charge in [0.05, 0.1) is 11.9 Å². The van der Waals surface area contributed by atoms with E-state index in [-0.39, 0.29) is 17.9 Å². The molecule has 0 radical (unpaired) electrons. The van der Waals surface area contributed by atoms with Gasteiger partial charge in [-0.05, 0) is 19.8 Å². The van der Waals surface area contributed by atoms with E-state index in [0.717, 1.165) is 25.7 Å². The maximum Gasteiger partial charge on any atom is 0.217 e. The number of likely N-dealkylation sites (N-methyl/N-ethyl adjacent to an activating group) is 1. The summed E-state index contributed by atoms with van der Waals surface area (Å²) in [6, 6.07) is -0.319. The van der Waals surface area contributed by atoms with Gasteiger partial charge in [0.1, 0.15) is 0 Å². The largest absolute Gasteiger partial charge is 0.395 e. The number of hydrogen-bond donors (Lipinski definition) is 1. The number of nitrogens with zero attached hydrogens (tertiary/aromatic N) is 1. The van der Waals surface area contributed by atoms with Crippen LogP contribution in [0.5, 0.6) is 0 Å². The van der Waals surface area contributed by atoms with Crippen LogP contribution < -0.4 is 0 Å². The number of hydrogen-bond acceptors (Lipinski definition) is 3. The van der Waals surface area contributed by atoms with Crippen LogP contribution in [-0.2, 0) is 10.0 Å². The molecular weight excluding hydrogens is 202 g/mol. The summed E-state index contributed by atoms with van der Waals surface area (Å²) in [6.07, 6.45) is 3.55. The molecule has 1 atom stereocenters. The smallest absolute Gasteiger partial charge is 0.217 e. The zero-order valence-corrected chi connectivity index (χ0v) is 9.63. The summed E-state index contributed by atoms with van der Waals surface area (Å²) in [6.45, 7) is 1.59. The molecule has 0 aromatic carbocycles. The minimum Gasteiger partial charge on any atom is -0.395 e. The highest BCUT2D eigenvalue weighted by Gasteiger charge is 2.33. The van der Waals surface area contributed by atoms with Gasteiger partial charge in [-0.2, -0.15) is 4.31 Å². The molecule has 1 aliphatic rings. The van der Waals surface area contributed by atoms with E-state index >= 15 is 0 Å². The molecule has 0 aliphatic heterocycles. The van der Waals surface area contributed by atoms with Gasteiger partial charge in [-0.3, -0.25) is 0 Å². The summed E-state index contributed by atoms with van der Waals surface area (Å²) < 4.78 is 25.2. The Balaban J connectivity index is 2.73. The first kappa shape index (κ1) is 11.9. The van der Waals surface area contributed by atoms with Crippen LogP contribution in [0.3, 0.4) is 0 Å². The second-order valence-corrected chi connectivity index (χ2v) is 6.27. The standard InChI is InChI=1S/C9H19NO3S/c1-8(7-11)10(2)14(12,13)9-5-3-4-6-9/h8-9,11H,3-7H2,1-2H3. The first-order valence-electron chi connectivity index (χ1n) is 5.08. The second-order valence-electron chi connectivity index (χ2n) is 4.00. The summed E-state index contributed by atoms with van der Waals surface area (Å²) in [5.41, 5.74) is 0. The molecule has 1 saturated carbocycles. The fourth-order valence-corrected chi connectivity index (χ4v) is 3.75. The zero-order chi connectivity index (χ0) is 10.8. The second kappa shape index (κ2) is 4.59. The molecule has 84 valence electrons. The van der Waals surface area contributed by atoms with Gasteiger partial charge in [-0.1, -0.05) is 12.8 Å². The Hall–Kier alpha value is -0.130. The Bertz CT molecular complexity index is 270. The molecule has 0 aromatic heterocycles. The van der Waals surface area contributed by atoms with Gasteiger partial charge in [0, 0.05) is 13.1 Å². The van der Waals surface area contributed by atoms with Crippen LogP contribution in [-0.4, -0.2) is 42.8 Å². The molecule has 0 amide bonds. The van der Waals surface area contributed by atoms with Crippen LogP contribution in [0.4, 0.5) is 0 Å². The molecule has 0 aromatic rings. The summed E-state index contributed by atoms with van der Waals surface area (Å²) in [4.78, 5) is 0. The molecule has 14 heavy (non-hydrogen) atoms. The maximum atomic E-state index is 11.9. The van der Waals surface area contributed by atoms with Gasteiger partial charge in [-0.15, -0.1) is 0 Å². The SMILES string of the molecule is CC(CO)N(C)S(=O)(=O)C1CCCC1. The fraction of sp³-hybridized carbons (Fsp3) is 1.00. The topological polar surface area (TPSA) is 57.6 Å². The highest BCUT2D eigenvalue weighted by molar-refractivity contribution is 7.89. The van der Waals surface area contributed by atoms with Crippen LogP contribution >= 0.6 is 0 Å². The Morgan fingerprint density at radius 2 is 1.93 bits per heavy atom. The maximum absolute atomic E-state index is 11.9. The van der Waals surface area contributed by atoms with E-state index < -0.39 is 10.0 Å². The Morgan fingerprint density at radius 1 is 1.43 bits per heavy atom. The number of aliphatic hydroxyl groups is 1. The van der Waals surface area contributed by atoms with Crippen LogP contribution in [0.15, 0.2) is 0 Å². The van der Waals surface area contributed by atoms with Gasteiger partial charge in [-0.25, -0.2) is 8.42 Å². The molecule has 0 saturated heterocycles. The van der Waals surface area contributed by atoms with E-state index in [2.05, 4.69) is 0 Å². The molecule has 1 N–H and O–H groups in total. The average Bonchev–Trinajstić information content (AvgIpc) is 2.68. The molecule has 1 aliphatic carbocycles. The molecule has 0 heterocycles. The van der Waals surface area contributed by atoms with Crippen LogP contribution in [0.2, 0.25) is 0 Å². The van der Waals surface area contributed by atoms with Crippen molar-refractivity contribution in [3.8, 4) is 0 Å². The molecule has 1 unspecified atom stereocenters. The van der Waals surface area contributed by atoms with Crippen molar-refractivity contribution in [3.63, 3.8) is 0 Å². The fourth-order valence-electron chi connectivity index (χ4n) is 1.79. The van der Waals surface area contributed by atoms with Crippen LogP contribution in [0.25, 0.3) is 0 Å². The normalized spacial score (nSPS) is 21.7. The van der Waals surface area contributed by atoms with Crippen molar-refractivity contribution in [3.05, 3.63) is 0 Å². The third-order valence-corrected chi connectivity index (χ3v) is 5.49. The van der Waals surface area contributed by atoms with E-state index in [1.54, 1.807) is 14.0 Å². The minimum atomic E-state index is -3.18. The molecular formula is C9H19NO3S. The summed E-state index contributed by atoms with van der Waals surface area (Å²) in [7, 11) is -1.63. The highest BCUT2D eigenvalue weighted by Crippen LogP contribution is 2.27. The Morgan fingerprint density at radius 3 is 2.36 bits per heavy atom.